The molecule has 0 aromatic heterocycles. The molecule has 3 heteroatoms. The van der Waals surface area contributed by atoms with Crippen molar-refractivity contribution in [2.75, 3.05) is 19.7 Å². The van der Waals surface area contributed by atoms with Crippen molar-refractivity contribution in [2.45, 2.75) is 26.2 Å². The summed E-state index contributed by atoms with van der Waals surface area (Å²) in [4.78, 5) is 12.1. The molecule has 1 aliphatic rings. The fourth-order valence-electron chi connectivity index (χ4n) is 2.71. The number of rotatable bonds is 3. The van der Waals surface area contributed by atoms with E-state index in [2.05, 4.69) is 43.4 Å². The molecule has 1 fully saturated rings. The van der Waals surface area contributed by atoms with Crippen LogP contribution in [0, 0.1) is 12.8 Å². The van der Waals surface area contributed by atoms with E-state index in [0.29, 0.717) is 13.2 Å². The van der Waals surface area contributed by atoms with Gasteiger partial charge in [-0.05, 0) is 19.4 Å². The first-order valence-electron chi connectivity index (χ1n) is 6.52. The normalized spacial score (nSPS) is 27.2. The Morgan fingerprint density at radius 1 is 1.56 bits per heavy atom. The summed E-state index contributed by atoms with van der Waals surface area (Å²) < 4.78 is 5.19. The highest BCUT2D eigenvalue weighted by Gasteiger charge is 2.45. The van der Waals surface area contributed by atoms with Gasteiger partial charge in [0.05, 0.1) is 12.5 Å². The lowest BCUT2D eigenvalue weighted by Crippen LogP contribution is -2.37. The molecule has 1 aromatic rings. The van der Waals surface area contributed by atoms with E-state index < -0.39 is 0 Å². The zero-order valence-electron chi connectivity index (χ0n) is 11.3. The van der Waals surface area contributed by atoms with Crippen LogP contribution >= 0.6 is 0 Å². The molecule has 3 nitrogen and oxygen atoms in total. The highest BCUT2D eigenvalue weighted by Crippen LogP contribution is 2.36. The molecule has 0 amide bonds. The molecule has 18 heavy (non-hydrogen) atoms. The first-order chi connectivity index (χ1) is 8.58. The number of esters is 1. The predicted molar refractivity (Wildman–Crippen MR) is 71.5 cm³/mol. The molecule has 1 aromatic carbocycles. The van der Waals surface area contributed by atoms with Gasteiger partial charge in [-0.2, -0.15) is 0 Å². The lowest BCUT2D eigenvalue weighted by atomic mass is 9.74. The Balaban J connectivity index is 2.31. The molecule has 98 valence electrons. The van der Waals surface area contributed by atoms with E-state index in [1.54, 1.807) is 0 Å². The second-order valence-electron chi connectivity index (χ2n) is 5.22. The van der Waals surface area contributed by atoms with Gasteiger partial charge in [0.15, 0.2) is 0 Å². The van der Waals surface area contributed by atoms with Gasteiger partial charge in [-0.25, -0.2) is 0 Å². The van der Waals surface area contributed by atoms with Crippen LogP contribution in [0.1, 0.15) is 25.0 Å². The van der Waals surface area contributed by atoms with Crippen LogP contribution in [-0.4, -0.2) is 25.7 Å². The van der Waals surface area contributed by atoms with Crippen LogP contribution in [0.3, 0.4) is 0 Å². The second kappa shape index (κ2) is 5.11. The lowest BCUT2D eigenvalue weighted by Gasteiger charge is -2.30. The average molecular weight is 247 g/mol. The largest absolute Gasteiger partial charge is 0.466 e. The summed E-state index contributed by atoms with van der Waals surface area (Å²) in [7, 11) is 0. The van der Waals surface area contributed by atoms with Crippen molar-refractivity contribution in [1.82, 2.24) is 5.32 Å². The van der Waals surface area contributed by atoms with Crippen molar-refractivity contribution < 1.29 is 9.53 Å². The van der Waals surface area contributed by atoms with Crippen LogP contribution in [0.4, 0.5) is 0 Å². The molecule has 1 heterocycles. The van der Waals surface area contributed by atoms with Crippen molar-refractivity contribution in [3.8, 4) is 0 Å². The van der Waals surface area contributed by atoms with Crippen LogP contribution in [0.15, 0.2) is 24.3 Å². The summed E-state index contributed by atoms with van der Waals surface area (Å²) in [5.41, 5.74) is 2.27. The highest BCUT2D eigenvalue weighted by atomic mass is 16.5. The molecular formula is C15H21NO2. The monoisotopic (exact) mass is 247 g/mol. The molecule has 2 rings (SSSR count). The van der Waals surface area contributed by atoms with E-state index >= 15 is 0 Å². The first kappa shape index (κ1) is 13.1. The minimum Gasteiger partial charge on any atom is -0.466 e. The van der Waals surface area contributed by atoms with Gasteiger partial charge >= 0.3 is 5.97 Å². The molecule has 0 bridgehead atoms. The van der Waals surface area contributed by atoms with Gasteiger partial charge in [0.1, 0.15) is 0 Å². The van der Waals surface area contributed by atoms with Crippen LogP contribution < -0.4 is 5.32 Å². The minimum absolute atomic E-state index is 0.0912. The number of hydrogen-bond donors (Lipinski definition) is 1. The van der Waals surface area contributed by atoms with Gasteiger partial charge < -0.3 is 10.1 Å². The summed E-state index contributed by atoms with van der Waals surface area (Å²) in [5, 5.41) is 3.32. The summed E-state index contributed by atoms with van der Waals surface area (Å²) in [6.07, 6.45) is 0. The van der Waals surface area contributed by atoms with E-state index in [4.69, 9.17) is 4.74 Å². The molecule has 2 atom stereocenters. The van der Waals surface area contributed by atoms with Gasteiger partial charge in [0, 0.05) is 18.5 Å². The summed E-state index contributed by atoms with van der Waals surface area (Å²) in [6, 6.07) is 8.40. The number of aryl methyl sites for hydroxylation is 1. The maximum absolute atomic E-state index is 12.1. The predicted octanol–water partition coefficient (Wildman–Crippen LogP) is 2.04. The van der Waals surface area contributed by atoms with E-state index in [0.717, 1.165) is 6.54 Å². The van der Waals surface area contributed by atoms with Crippen LogP contribution in [0.25, 0.3) is 0 Å². The van der Waals surface area contributed by atoms with Crippen molar-refractivity contribution in [3.05, 3.63) is 35.4 Å². The van der Waals surface area contributed by atoms with E-state index in [1.807, 2.05) is 6.92 Å². The third-order valence-corrected chi connectivity index (χ3v) is 3.86. The Bertz CT molecular complexity index is 444. The standard InChI is InChI=1S/C15H21NO2/c1-4-18-14(17)13-9-16-10-15(13,3)12-7-5-6-11(2)8-12/h5-8,13,16H,4,9-10H2,1-3H3. The lowest BCUT2D eigenvalue weighted by molar-refractivity contribution is -0.149. The Morgan fingerprint density at radius 3 is 3.00 bits per heavy atom. The van der Waals surface area contributed by atoms with Crippen LogP contribution in [-0.2, 0) is 14.9 Å². The third kappa shape index (κ3) is 2.27. The van der Waals surface area contributed by atoms with Gasteiger partial charge in [0.2, 0.25) is 0 Å². The van der Waals surface area contributed by atoms with Crippen LogP contribution in [0.2, 0.25) is 0 Å². The van der Waals surface area contributed by atoms with Crippen molar-refractivity contribution in [3.63, 3.8) is 0 Å². The number of carbonyl (C=O) groups excluding carboxylic acids is 1. The number of benzene rings is 1. The SMILES string of the molecule is CCOC(=O)C1CNCC1(C)c1cccc(C)c1. The quantitative estimate of drug-likeness (QED) is 0.831. The fraction of sp³-hybridized carbons (Fsp3) is 0.533. The zero-order chi connectivity index (χ0) is 13.2. The minimum atomic E-state index is -0.168. The van der Waals surface area contributed by atoms with Gasteiger partial charge in [-0.1, -0.05) is 36.8 Å². The third-order valence-electron chi connectivity index (χ3n) is 3.86. The molecule has 1 aliphatic heterocycles. The Hall–Kier alpha value is -1.35. The average Bonchev–Trinajstić information content (AvgIpc) is 2.73. The van der Waals surface area contributed by atoms with Crippen molar-refractivity contribution in [2.24, 2.45) is 5.92 Å². The van der Waals surface area contributed by atoms with Gasteiger partial charge in [-0.3, -0.25) is 4.79 Å². The maximum atomic E-state index is 12.1. The number of hydrogen-bond acceptors (Lipinski definition) is 3. The smallest absolute Gasteiger partial charge is 0.311 e. The second-order valence-corrected chi connectivity index (χ2v) is 5.22. The van der Waals surface area contributed by atoms with E-state index in [-0.39, 0.29) is 17.3 Å². The molecular weight excluding hydrogens is 226 g/mol. The number of ether oxygens (including phenoxy) is 1. The molecule has 1 saturated heterocycles. The van der Waals surface area contributed by atoms with Crippen molar-refractivity contribution >= 4 is 5.97 Å². The van der Waals surface area contributed by atoms with Gasteiger partial charge in [0.25, 0.3) is 0 Å². The van der Waals surface area contributed by atoms with Gasteiger partial charge in [-0.15, -0.1) is 0 Å². The Kier molecular flexibility index (Phi) is 3.71. The topological polar surface area (TPSA) is 38.3 Å². The maximum Gasteiger partial charge on any atom is 0.311 e. The first-order valence-corrected chi connectivity index (χ1v) is 6.52. The Morgan fingerprint density at radius 2 is 2.33 bits per heavy atom. The van der Waals surface area contributed by atoms with Crippen molar-refractivity contribution in [1.29, 1.82) is 0 Å². The Labute approximate surface area is 109 Å². The van der Waals surface area contributed by atoms with E-state index in [1.165, 1.54) is 11.1 Å². The summed E-state index contributed by atoms with van der Waals surface area (Å²) in [6.45, 7) is 8.03. The molecule has 0 spiro atoms. The fourth-order valence-corrected chi connectivity index (χ4v) is 2.71. The zero-order valence-corrected chi connectivity index (χ0v) is 11.3. The molecule has 0 saturated carbocycles. The number of carbonyl (C=O) groups is 1. The molecule has 0 radical (unpaired) electrons. The summed E-state index contributed by atoms with van der Waals surface area (Å²) >= 11 is 0. The number of nitrogens with one attached hydrogen (secondary N) is 1. The summed E-state index contributed by atoms with van der Waals surface area (Å²) in [5.74, 6) is -0.189. The highest BCUT2D eigenvalue weighted by molar-refractivity contribution is 5.75. The molecule has 2 unspecified atom stereocenters. The van der Waals surface area contributed by atoms with Crippen LogP contribution in [0.5, 0.6) is 0 Å². The van der Waals surface area contributed by atoms with E-state index in [9.17, 15) is 4.79 Å². The molecule has 1 N–H and O–H groups in total. The molecule has 0 aliphatic carbocycles.